The molecule has 1 aliphatic rings. The van der Waals surface area contributed by atoms with Gasteiger partial charge in [-0.15, -0.1) is 0 Å². The molecule has 6 nitrogen and oxygen atoms in total. The number of carbonyl (C=O) groups is 1. The van der Waals surface area contributed by atoms with Crippen LogP contribution in [0.2, 0.25) is 0 Å². The Labute approximate surface area is 134 Å². The van der Waals surface area contributed by atoms with Crippen LogP contribution in [0, 0.1) is 0 Å². The summed E-state index contributed by atoms with van der Waals surface area (Å²) >= 11 is 0. The molecule has 1 aromatic carbocycles. The molecule has 1 atom stereocenters. The molecule has 23 heavy (non-hydrogen) atoms. The average molecular weight is 313 g/mol. The number of hydrogen-bond donors (Lipinski definition) is 1. The second-order valence-corrected chi connectivity index (χ2v) is 5.36. The molecular formula is C17H19N3O3. The summed E-state index contributed by atoms with van der Waals surface area (Å²) in [6.45, 7) is 0.902. The van der Waals surface area contributed by atoms with E-state index in [1.165, 1.54) is 0 Å². The molecule has 6 heteroatoms. The number of rotatable bonds is 6. The third kappa shape index (κ3) is 3.65. The van der Waals surface area contributed by atoms with E-state index >= 15 is 0 Å². The molecule has 0 spiro atoms. The third-order valence-electron chi connectivity index (χ3n) is 3.70. The minimum absolute atomic E-state index is 0.0296. The summed E-state index contributed by atoms with van der Waals surface area (Å²) in [5.74, 6) is 1.43. The van der Waals surface area contributed by atoms with Crippen molar-refractivity contribution in [2.45, 2.75) is 18.9 Å². The van der Waals surface area contributed by atoms with Crippen molar-refractivity contribution < 1.29 is 14.3 Å². The average Bonchev–Trinajstić information content (AvgIpc) is 3.02. The molecule has 0 radical (unpaired) electrons. The molecule has 1 aliphatic heterocycles. The van der Waals surface area contributed by atoms with Gasteiger partial charge in [-0.1, -0.05) is 12.1 Å². The Bertz CT molecular complexity index is 676. The number of carbonyl (C=O) groups excluding carboxylic acids is 1. The topological polar surface area (TPSA) is 73.3 Å². The van der Waals surface area contributed by atoms with Gasteiger partial charge in [0.25, 0.3) is 0 Å². The van der Waals surface area contributed by atoms with Crippen molar-refractivity contribution in [1.82, 2.24) is 15.3 Å². The van der Waals surface area contributed by atoms with Crippen LogP contribution < -0.4 is 10.1 Å². The fourth-order valence-electron chi connectivity index (χ4n) is 2.58. The van der Waals surface area contributed by atoms with E-state index in [4.69, 9.17) is 9.47 Å². The summed E-state index contributed by atoms with van der Waals surface area (Å²) in [4.78, 5) is 20.2. The Morgan fingerprint density at radius 1 is 1.35 bits per heavy atom. The molecule has 1 amide bonds. The van der Waals surface area contributed by atoms with Crippen molar-refractivity contribution in [2.24, 2.45) is 0 Å². The molecule has 2 aromatic rings. The van der Waals surface area contributed by atoms with E-state index in [1.807, 2.05) is 18.2 Å². The van der Waals surface area contributed by atoms with Crippen LogP contribution in [0.4, 0.5) is 0 Å². The molecule has 2 heterocycles. The van der Waals surface area contributed by atoms with Gasteiger partial charge in [-0.05, 0) is 17.7 Å². The van der Waals surface area contributed by atoms with Crippen LogP contribution in [0.1, 0.15) is 12.0 Å². The van der Waals surface area contributed by atoms with E-state index in [0.29, 0.717) is 25.4 Å². The lowest BCUT2D eigenvalue weighted by Crippen LogP contribution is -2.34. The van der Waals surface area contributed by atoms with Gasteiger partial charge in [0.05, 0.1) is 18.7 Å². The first-order valence-corrected chi connectivity index (χ1v) is 7.59. The standard InChI is InChI=1S/C17H19N3O3/c1-22-9-6-15(21)20-11-13-10-12-4-2-5-14(16(12)23-13)17-18-7-3-8-19-17/h2-5,7-8,13H,6,9-11H2,1H3,(H,20,21)/t13-/m0/s1. The summed E-state index contributed by atoms with van der Waals surface area (Å²) in [5.41, 5.74) is 2.00. The lowest BCUT2D eigenvalue weighted by atomic mass is 10.1. The van der Waals surface area contributed by atoms with Gasteiger partial charge >= 0.3 is 0 Å². The quantitative estimate of drug-likeness (QED) is 0.877. The van der Waals surface area contributed by atoms with Crippen LogP contribution in [0.3, 0.4) is 0 Å². The van der Waals surface area contributed by atoms with Crippen molar-refractivity contribution >= 4 is 5.91 Å². The Kier molecular flexibility index (Phi) is 4.83. The number of aromatic nitrogens is 2. The number of fused-ring (bicyclic) bond motifs is 1. The van der Waals surface area contributed by atoms with Gasteiger partial charge in [0.15, 0.2) is 5.82 Å². The van der Waals surface area contributed by atoms with E-state index in [0.717, 1.165) is 23.3 Å². The van der Waals surface area contributed by atoms with Gasteiger partial charge in [0.2, 0.25) is 5.91 Å². The molecule has 0 saturated heterocycles. The highest BCUT2D eigenvalue weighted by atomic mass is 16.5. The largest absolute Gasteiger partial charge is 0.487 e. The van der Waals surface area contributed by atoms with Gasteiger partial charge in [0, 0.05) is 32.3 Å². The summed E-state index contributed by atoms with van der Waals surface area (Å²) in [7, 11) is 1.58. The molecule has 0 bridgehead atoms. The van der Waals surface area contributed by atoms with Gasteiger partial charge < -0.3 is 14.8 Å². The number of ether oxygens (including phenoxy) is 2. The number of hydrogen-bond acceptors (Lipinski definition) is 5. The Morgan fingerprint density at radius 2 is 2.17 bits per heavy atom. The lowest BCUT2D eigenvalue weighted by molar-refractivity contribution is -0.122. The van der Waals surface area contributed by atoms with Crippen molar-refractivity contribution in [3.63, 3.8) is 0 Å². The van der Waals surface area contributed by atoms with Crippen molar-refractivity contribution in [1.29, 1.82) is 0 Å². The van der Waals surface area contributed by atoms with Gasteiger partial charge in [-0.25, -0.2) is 9.97 Å². The highest BCUT2D eigenvalue weighted by Crippen LogP contribution is 2.37. The number of nitrogens with one attached hydrogen (secondary N) is 1. The molecule has 0 saturated carbocycles. The summed E-state index contributed by atoms with van der Waals surface area (Å²) in [5, 5.41) is 2.88. The maximum absolute atomic E-state index is 11.7. The molecule has 0 aliphatic carbocycles. The SMILES string of the molecule is COCCC(=O)NC[C@@H]1Cc2cccc(-c3ncccn3)c2O1. The first kappa shape index (κ1) is 15.4. The monoisotopic (exact) mass is 313 g/mol. The highest BCUT2D eigenvalue weighted by Gasteiger charge is 2.26. The minimum Gasteiger partial charge on any atom is -0.487 e. The highest BCUT2D eigenvalue weighted by molar-refractivity contribution is 5.76. The van der Waals surface area contributed by atoms with Crippen molar-refractivity contribution in [2.75, 3.05) is 20.3 Å². The predicted octanol–water partition coefficient (Wildman–Crippen LogP) is 1.60. The van der Waals surface area contributed by atoms with E-state index in [9.17, 15) is 4.79 Å². The fraction of sp³-hybridized carbons (Fsp3) is 0.353. The predicted molar refractivity (Wildman–Crippen MR) is 85.1 cm³/mol. The van der Waals surface area contributed by atoms with Crippen LogP contribution in [-0.2, 0) is 16.0 Å². The van der Waals surface area contributed by atoms with Crippen molar-refractivity contribution in [3.8, 4) is 17.1 Å². The number of para-hydroxylation sites is 1. The first-order chi connectivity index (χ1) is 11.3. The van der Waals surface area contributed by atoms with E-state index < -0.39 is 0 Å². The Morgan fingerprint density at radius 3 is 2.96 bits per heavy atom. The van der Waals surface area contributed by atoms with Crippen molar-refractivity contribution in [3.05, 3.63) is 42.2 Å². The normalized spacial score (nSPS) is 15.8. The number of benzene rings is 1. The molecule has 3 rings (SSSR count). The molecular weight excluding hydrogens is 294 g/mol. The molecule has 1 N–H and O–H groups in total. The van der Waals surface area contributed by atoms with Crippen LogP contribution in [0.5, 0.6) is 5.75 Å². The van der Waals surface area contributed by atoms with Crippen LogP contribution in [-0.4, -0.2) is 42.2 Å². The number of nitrogens with zero attached hydrogens (tertiary/aromatic N) is 2. The molecule has 120 valence electrons. The number of methoxy groups -OCH3 is 1. The zero-order valence-corrected chi connectivity index (χ0v) is 13.0. The van der Waals surface area contributed by atoms with Gasteiger partial charge in [-0.2, -0.15) is 0 Å². The van der Waals surface area contributed by atoms with E-state index in [2.05, 4.69) is 15.3 Å². The summed E-state index contributed by atoms with van der Waals surface area (Å²) in [6.07, 6.45) is 4.48. The van der Waals surface area contributed by atoms with E-state index in [1.54, 1.807) is 25.6 Å². The maximum Gasteiger partial charge on any atom is 0.222 e. The van der Waals surface area contributed by atoms with Gasteiger partial charge in [0.1, 0.15) is 11.9 Å². The second-order valence-electron chi connectivity index (χ2n) is 5.36. The lowest BCUT2D eigenvalue weighted by Gasteiger charge is -2.13. The fourth-order valence-corrected chi connectivity index (χ4v) is 2.58. The summed E-state index contributed by atoms with van der Waals surface area (Å²) < 4.78 is 10.9. The zero-order valence-electron chi connectivity index (χ0n) is 13.0. The number of amides is 1. The molecule has 1 aromatic heterocycles. The third-order valence-corrected chi connectivity index (χ3v) is 3.70. The first-order valence-electron chi connectivity index (χ1n) is 7.59. The van der Waals surface area contributed by atoms with E-state index in [-0.39, 0.29) is 12.0 Å². The maximum atomic E-state index is 11.7. The smallest absolute Gasteiger partial charge is 0.222 e. The van der Waals surface area contributed by atoms with Crippen LogP contribution >= 0.6 is 0 Å². The Balaban J connectivity index is 1.66. The van der Waals surface area contributed by atoms with Crippen LogP contribution in [0.15, 0.2) is 36.7 Å². The second kappa shape index (κ2) is 7.19. The minimum atomic E-state index is -0.0682. The zero-order chi connectivity index (χ0) is 16.1. The summed E-state index contributed by atoms with van der Waals surface area (Å²) in [6, 6.07) is 7.75. The molecule has 0 fully saturated rings. The van der Waals surface area contributed by atoms with Crippen LogP contribution in [0.25, 0.3) is 11.4 Å². The Hall–Kier alpha value is -2.47. The van der Waals surface area contributed by atoms with Gasteiger partial charge in [-0.3, -0.25) is 4.79 Å². The molecule has 0 unspecified atom stereocenters.